The van der Waals surface area contributed by atoms with Crippen LogP contribution in [0.3, 0.4) is 0 Å². The number of likely N-dealkylation sites (tertiary alicyclic amines) is 1. The molecule has 0 spiro atoms. The van der Waals surface area contributed by atoms with Gasteiger partial charge in [-0.15, -0.1) is 0 Å². The molecule has 0 unspecified atom stereocenters. The minimum atomic E-state index is -1.11. The number of nitrogens with one attached hydrogen (secondary N) is 2. The number of amides is 5. The first-order chi connectivity index (χ1) is 18.2. The van der Waals surface area contributed by atoms with Gasteiger partial charge in [-0.05, 0) is 23.5 Å². The van der Waals surface area contributed by atoms with E-state index in [9.17, 15) is 24.0 Å². The molecule has 4 atom stereocenters. The fourth-order valence-electron chi connectivity index (χ4n) is 4.24. The van der Waals surface area contributed by atoms with Crippen LogP contribution in [0, 0.1) is 5.92 Å². The highest BCUT2D eigenvalue weighted by molar-refractivity contribution is 6.01. The Kier molecular flexibility index (Phi) is 9.98. The summed E-state index contributed by atoms with van der Waals surface area (Å²) in [6.45, 7) is 3.59. The topological polar surface area (TPSA) is 148 Å². The van der Waals surface area contributed by atoms with E-state index in [-0.39, 0.29) is 31.8 Å². The molecule has 3 rings (SSSR count). The number of ether oxygens (including phenoxy) is 1. The molecular formula is C28H34N4O6. The van der Waals surface area contributed by atoms with Crippen LogP contribution < -0.4 is 16.4 Å². The largest absolute Gasteiger partial charge is 0.444 e. The second-order valence-electron chi connectivity index (χ2n) is 9.38. The molecule has 38 heavy (non-hydrogen) atoms. The molecule has 4 N–H and O–H groups in total. The summed E-state index contributed by atoms with van der Waals surface area (Å²) in [5.41, 5.74) is 7.10. The maximum atomic E-state index is 13.2. The first-order valence-corrected chi connectivity index (χ1v) is 12.7. The van der Waals surface area contributed by atoms with Crippen LogP contribution in [0.2, 0.25) is 0 Å². The fraction of sp³-hybridized carbons (Fsp3) is 0.393. The fourth-order valence-corrected chi connectivity index (χ4v) is 4.24. The number of hydrogen-bond donors (Lipinski definition) is 3. The predicted molar refractivity (Wildman–Crippen MR) is 139 cm³/mol. The van der Waals surface area contributed by atoms with Gasteiger partial charge in [-0.2, -0.15) is 0 Å². The third-order valence-electron chi connectivity index (χ3n) is 6.65. The van der Waals surface area contributed by atoms with Crippen LogP contribution in [0.5, 0.6) is 0 Å². The summed E-state index contributed by atoms with van der Waals surface area (Å²) in [5, 5.41) is 5.35. The lowest BCUT2D eigenvalue weighted by molar-refractivity contribution is -0.136. The second kappa shape index (κ2) is 13.4. The van der Waals surface area contributed by atoms with Gasteiger partial charge in [-0.1, -0.05) is 80.9 Å². The van der Waals surface area contributed by atoms with Crippen molar-refractivity contribution in [2.75, 3.05) is 0 Å². The molecule has 1 fully saturated rings. The monoisotopic (exact) mass is 522 g/mol. The predicted octanol–water partition coefficient (Wildman–Crippen LogP) is 2.06. The van der Waals surface area contributed by atoms with Crippen molar-refractivity contribution in [3.63, 3.8) is 0 Å². The van der Waals surface area contributed by atoms with Crippen molar-refractivity contribution in [3.05, 3.63) is 71.8 Å². The van der Waals surface area contributed by atoms with E-state index in [2.05, 4.69) is 10.6 Å². The van der Waals surface area contributed by atoms with Crippen LogP contribution in [0.4, 0.5) is 4.79 Å². The summed E-state index contributed by atoms with van der Waals surface area (Å²) < 4.78 is 5.27. The lowest BCUT2D eigenvalue weighted by Gasteiger charge is -2.28. The van der Waals surface area contributed by atoms with E-state index < -0.39 is 47.8 Å². The number of nitrogens with two attached hydrogens (primary N) is 1. The number of hydrogen-bond acceptors (Lipinski definition) is 6. The SMILES string of the molecule is CC[C@H](C)[C@H](NC(=O)[C@@H]1CCC(=O)N1C(=O)OCc1ccccc1)C(=O)N[C@@H](Cc1ccccc1)C(N)=O. The molecular weight excluding hydrogens is 488 g/mol. The van der Waals surface area contributed by atoms with E-state index in [1.165, 1.54) is 0 Å². The zero-order valence-electron chi connectivity index (χ0n) is 21.6. The van der Waals surface area contributed by atoms with Crippen LogP contribution in [-0.2, 0) is 36.9 Å². The molecule has 2 aromatic carbocycles. The highest BCUT2D eigenvalue weighted by atomic mass is 16.6. The first kappa shape index (κ1) is 28.4. The Hall–Kier alpha value is -4.21. The standard InChI is InChI=1S/C28H34N4O6/c1-3-18(2)24(27(36)30-21(25(29)34)16-19-10-6-4-7-11-19)31-26(35)22-14-15-23(33)32(22)28(37)38-17-20-12-8-5-9-13-20/h4-13,18,21-22,24H,3,14-17H2,1-2H3,(H2,29,34)(H,30,36)(H,31,35)/t18-,21-,22-,24-/m0/s1. The lowest BCUT2D eigenvalue weighted by atomic mass is 9.96. The van der Waals surface area contributed by atoms with Crippen LogP contribution in [0.1, 0.15) is 44.2 Å². The molecule has 1 aliphatic heterocycles. The van der Waals surface area contributed by atoms with Crippen molar-refractivity contribution in [3.8, 4) is 0 Å². The van der Waals surface area contributed by atoms with E-state index in [0.29, 0.717) is 6.42 Å². The molecule has 202 valence electrons. The maximum absolute atomic E-state index is 13.2. The van der Waals surface area contributed by atoms with Crippen molar-refractivity contribution in [2.24, 2.45) is 11.7 Å². The summed E-state index contributed by atoms with van der Waals surface area (Å²) in [5.74, 6) is -2.75. The number of benzene rings is 2. The first-order valence-electron chi connectivity index (χ1n) is 12.7. The van der Waals surface area contributed by atoms with Gasteiger partial charge >= 0.3 is 6.09 Å². The number of carbonyl (C=O) groups excluding carboxylic acids is 5. The Bertz CT molecular complexity index is 1140. The maximum Gasteiger partial charge on any atom is 0.417 e. The molecule has 0 bridgehead atoms. The molecule has 0 aliphatic carbocycles. The summed E-state index contributed by atoms with van der Waals surface area (Å²) in [7, 11) is 0. The Morgan fingerprint density at radius 1 is 1.00 bits per heavy atom. The van der Waals surface area contributed by atoms with E-state index in [0.717, 1.165) is 16.0 Å². The molecule has 10 nitrogen and oxygen atoms in total. The summed E-state index contributed by atoms with van der Waals surface area (Å²) >= 11 is 0. The van der Waals surface area contributed by atoms with E-state index in [1.807, 2.05) is 43.3 Å². The van der Waals surface area contributed by atoms with Crippen LogP contribution >= 0.6 is 0 Å². The van der Waals surface area contributed by atoms with E-state index in [1.54, 1.807) is 31.2 Å². The number of primary amides is 1. The zero-order valence-corrected chi connectivity index (χ0v) is 21.6. The van der Waals surface area contributed by atoms with Gasteiger partial charge in [0.25, 0.3) is 0 Å². The number of carbonyl (C=O) groups is 5. The molecule has 0 aromatic heterocycles. The smallest absolute Gasteiger partial charge is 0.417 e. The van der Waals surface area contributed by atoms with E-state index in [4.69, 9.17) is 10.5 Å². The summed E-state index contributed by atoms with van der Waals surface area (Å²) in [4.78, 5) is 64.5. The van der Waals surface area contributed by atoms with Gasteiger partial charge in [-0.25, -0.2) is 9.69 Å². The molecule has 0 radical (unpaired) electrons. The Balaban J connectivity index is 1.68. The number of nitrogens with zero attached hydrogens (tertiary/aromatic N) is 1. The Labute approximate surface area is 221 Å². The van der Waals surface area contributed by atoms with Gasteiger partial charge in [0.2, 0.25) is 23.6 Å². The summed E-state index contributed by atoms with van der Waals surface area (Å²) in [6.07, 6.45) is -0.0682. The van der Waals surface area contributed by atoms with Crippen molar-refractivity contribution in [1.29, 1.82) is 0 Å². The van der Waals surface area contributed by atoms with Gasteiger partial charge in [0.1, 0.15) is 24.7 Å². The number of imide groups is 1. The lowest BCUT2D eigenvalue weighted by Crippen LogP contribution is -2.58. The Morgan fingerprint density at radius 3 is 2.18 bits per heavy atom. The molecule has 1 aliphatic rings. The molecule has 10 heteroatoms. The molecule has 1 saturated heterocycles. The number of rotatable bonds is 11. The summed E-state index contributed by atoms with van der Waals surface area (Å²) in [6, 6.07) is 15.0. The van der Waals surface area contributed by atoms with Gasteiger partial charge in [0, 0.05) is 12.8 Å². The van der Waals surface area contributed by atoms with E-state index >= 15 is 0 Å². The van der Waals surface area contributed by atoms with Crippen molar-refractivity contribution in [1.82, 2.24) is 15.5 Å². The molecule has 2 aromatic rings. The molecule has 5 amide bonds. The highest BCUT2D eigenvalue weighted by Gasteiger charge is 2.43. The minimum Gasteiger partial charge on any atom is -0.444 e. The van der Waals surface area contributed by atoms with Crippen molar-refractivity contribution >= 4 is 29.7 Å². The molecule has 0 saturated carbocycles. The van der Waals surface area contributed by atoms with Crippen molar-refractivity contribution in [2.45, 2.75) is 64.3 Å². The van der Waals surface area contributed by atoms with Crippen LogP contribution in [-0.4, -0.2) is 52.7 Å². The van der Waals surface area contributed by atoms with Crippen molar-refractivity contribution < 1.29 is 28.7 Å². The average molecular weight is 523 g/mol. The molecule has 1 heterocycles. The Morgan fingerprint density at radius 2 is 1.61 bits per heavy atom. The average Bonchev–Trinajstić information content (AvgIpc) is 3.31. The van der Waals surface area contributed by atoms with Gasteiger partial charge in [0.15, 0.2) is 0 Å². The van der Waals surface area contributed by atoms with Crippen LogP contribution in [0.25, 0.3) is 0 Å². The quantitative estimate of drug-likeness (QED) is 0.411. The van der Waals surface area contributed by atoms with Gasteiger partial charge in [0.05, 0.1) is 0 Å². The van der Waals surface area contributed by atoms with Gasteiger partial charge in [-0.3, -0.25) is 19.2 Å². The third kappa shape index (κ3) is 7.41. The highest BCUT2D eigenvalue weighted by Crippen LogP contribution is 2.22. The van der Waals surface area contributed by atoms with Crippen LogP contribution in [0.15, 0.2) is 60.7 Å². The zero-order chi connectivity index (χ0) is 27.7. The third-order valence-corrected chi connectivity index (χ3v) is 6.65. The second-order valence-corrected chi connectivity index (χ2v) is 9.38. The minimum absolute atomic E-state index is 0.000453. The normalized spacial score (nSPS) is 17.3. The van der Waals surface area contributed by atoms with Gasteiger partial charge < -0.3 is 21.1 Å².